The molecule has 0 aliphatic carbocycles. The Balaban J connectivity index is 2.47. The molecular weight excluding hydrogens is 236 g/mol. The van der Waals surface area contributed by atoms with Crippen LogP contribution in [-0.4, -0.2) is 17.1 Å². The third kappa shape index (κ3) is 2.62. The first-order chi connectivity index (χ1) is 8.22. The Hall–Kier alpha value is -1.88. The minimum Gasteiger partial charge on any atom is -0.481 e. The summed E-state index contributed by atoms with van der Waals surface area (Å²) < 4.78 is 6.50. The van der Waals surface area contributed by atoms with Crippen LogP contribution in [-0.2, 0) is 0 Å². The molecule has 0 spiro atoms. The fourth-order valence-electron chi connectivity index (χ4n) is 1.34. The molecule has 0 atom stereocenters. The number of hydrogen-bond donors (Lipinski definition) is 1. The Morgan fingerprint density at radius 2 is 2.29 bits per heavy atom. The summed E-state index contributed by atoms with van der Waals surface area (Å²) in [5, 5.41) is 0. The number of H-pyrrole nitrogens is 1. The summed E-state index contributed by atoms with van der Waals surface area (Å²) in [6.07, 6.45) is 5.35. The van der Waals surface area contributed by atoms with Gasteiger partial charge in [0.1, 0.15) is 0 Å². The van der Waals surface area contributed by atoms with Crippen LogP contribution in [0.2, 0.25) is 0 Å². The van der Waals surface area contributed by atoms with Gasteiger partial charge in [0, 0.05) is 12.3 Å². The standard InChI is InChI=1S/C12H12N2O2S/c1-3-11-14-12(15)9(17-11)6-8-4-5-10(16-2)13-7-8/h3-7H,1-2H3,(H,14,15)/b9-6-,11-3+. The fourth-order valence-corrected chi connectivity index (χ4v) is 2.18. The maximum atomic E-state index is 11.6. The van der Waals surface area contributed by atoms with Gasteiger partial charge in [-0.1, -0.05) is 6.08 Å². The predicted molar refractivity (Wildman–Crippen MR) is 68.7 cm³/mol. The number of ether oxygens (including phenoxy) is 1. The number of methoxy groups -OCH3 is 1. The molecule has 0 unspecified atom stereocenters. The van der Waals surface area contributed by atoms with Gasteiger partial charge < -0.3 is 9.72 Å². The smallest absolute Gasteiger partial charge is 0.266 e. The quantitative estimate of drug-likeness (QED) is 0.840. The predicted octanol–water partition coefficient (Wildman–Crippen LogP) is 0.469. The van der Waals surface area contributed by atoms with Crippen molar-refractivity contribution in [2.24, 2.45) is 0 Å². The van der Waals surface area contributed by atoms with E-state index in [2.05, 4.69) is 9.97 Å². The SMILES string of the molecule is C/C=c1\[nH]c(=O)/c(=C/c2ccc(OC)nc2)s1. The average molecular weight is 248 g/mol. The second kappa shape index (κ2) is 4.97. The van der Waals surface area contributed by atoms with Gasteiger partial charge in [0.25, 0.3) is 5.56 Å². The molecular formula is C12H12N2O2S. The molecule has 2 rings (SSSR count). The molecule has 0 aliphatic heterocycles. The fraction of sp³-hybridized carbons (Fsp3) is 0.167. The number of aromatic nitrogens is 2. The normalized spacial score (nSPS) is 13.1. The highest BCUT2D eigenvalue weighted by molar-refractivity contribution is 7.07. The zero-order chi connectivity index (χ0) is 12.3. The number of nitrogens with zero attached hydrogens (tertiary/aromatic N) is 1. The molecule has 2 aromatic rings. The summed E-state index contributed by atoms with van der Waals surface area (Å²) in [5.74, 6) is 0.560. The number of nitrogens with one attached hydrogen (secondary N) is 1. The molecule has 0 saturated heterocycles. The van der Waals surface area contributed by atoms with Gasteiger partial charge in [0.15, 0.2) is 0 Å². The van der Waals surface area contributed by atoms with E-state index >= 15 is 0 Å². The van der Waals surface area contributed by atoms with Crippen LogP contribution < -0.4 is 19.5 Å². The van der Waals surface area contributed by atoms with E-state index in [0.29, 0.717) is 10.4 Å². The van der Waals surface area contributed by atoms with Crippen LogP contribution in [0.3, 0.4) is 0 Å². The van der Waals surface area contributed by atoms with Gasteiger partial charge in [0.05, 0.1) is 16.3 Å². The average Bonchev–Trinajstić information content (AvgIpc) is 2.71. The third-order valence-electron chi connectivity index (χ3n) is 2.21. The van der Waals surface area contributed by atoms with Crippen LogP contribution in [0.4, 0.5) is 0 Å². The lowest BCUT2D eigenvalue weighted by Gasteiger charge is -1.96. The van der Waals surface area contributed by atoms with Crippen molar-refractivity contribution in [3.05, 3.63) is 43.4 Å². The summed E-state index contributed by atoms with van der Waals surface area (Å²) in [6, 6.07) is 3.63. The summed E-state index contributed by atoms with van der Waals surface area (Å²) in [4.78, 5) is 18.4. The van der Waals surface area contributed by atoms with Crippen molar-refractivity contribution in [3.63, 3.8) is 0 Å². The largest absolute Gasteiger partial charge is 0.481 e. The molecule has 0 bridgehead atoms. The van der Waals surface area contributed by atoms with Gasteiger partial charge >= 0.3 is 0 Å². The Labute approximate surface area is 102 Å². The van der Waals surface area contributed by atoms with Crippen LogP contribution in [0.25, 0.3) is 12.2 Å². The highest BCUT2D eigenvalue weighted by Gasteiger charge is 1.96. The van der Waals surface area contributed by atoms with Gasteiger partial charge in [-0.3, -0.25) is 4.79 Å². The maximum Gasteiger partial charge on any atom is 0.266 e. The second-order valence-corrected chi connectivity index (χ2v) is 4.44. The van der Waals surface area contributed by atoms with Crippen LogP contribution in [0.15, 0.2) is 23.1 Å². The summed E-state index contributed by atoms with van der Waals surface area (Å²) in [7, 11) is 1.57. The molecule has 4 nitrogen and oxygen atoms in total. The van der Waals surface area contributed by atoms with E-state index in [9.17, 15) is 4.79 Å². The van der Waals surface area contributed by atoms with E-state index < -0.39 is 0 Å². The first kappa shape index (κ1) is 11.6. The van der Waals surface area contributed by atoms with Gasteiger partial charge in [-0.15, -0.1) is 11.3 Å². The number of aromatic amines is 1. The van der Waals surface area contributed by atoms with E-state index in [0.717, 1.165) is 10.2 Å². The van der Waals surface area contributed by atoms with E-state index in [4.69, 9.17) is 4.74 Å². The van der Waals surface area contributed by atoms with Crippen LogP contribution in [0.1, 0.15) is 12.5 Å². The molecule has 1 N–H and O–H groups in total. The monoisotopic (exact) mass is 248 g/mol. The summed E-state index contributed by atoms with van der Waals surface area (Å²) in [6.45, 7) is 1.89. The van der Waals surface area contributed by atoms with E-state index in [1.54, 1.807) is 19.4 Å². The maximum absolute atomic E-state index is 11.6. The molecule has 0 aliphatic rings. The van der Waals surface area contributed by atoms with Crippen molar-refractivity contribution < 1.29 is 4.74 Å². The second-order valence-electron chi connectivity index (χ2n) is 3.35. The minimum absolute atomic E-state index is 0.0704. The molecule has 0 radical (unpaired) electrons. The van der Waals surface area contributed by atoms with Crippen molar-refractivity contribution in [3.8, 4) is 5.88 Å². The molecule has 88 valence electrons. The van der Waals surface area contributed by atoms with E-state index in [1.165, 1.54) is 11.3 Å². The van der Waals surface area contributed by atoms with Crippen molar-refractivity contribution in [1.29, 1.82) is 0 Å². The number of hydrogen-bond acceptors (Lipinski definition) is 4. The van der Waals surface area contributed by atoms with E-state index in [1.807, 2.05) is 25.1 Å². The number of rotatable bonds is 2. The number of thiazole rings is 1. The van der Waals surface area contributed by atoms with Crippen LogP contribution in [0, 0.1) is 0 Å². The molecule has 0 aromatic carbocycles. The Bertz CT molecular complexity index is 668. The van der Waals surface area contributed by atoms with Crippen LogP contribution in [0.5, 0.6) is 5.88 Å². The Morgan fingerprint density at radius 3 is 2.82 bits per heavy atom. The van der Waals surface area contributed by atoms with Gasteiger partial charge in [0.2, 0.25) is 5.88 Å². The lowest BCUT2D eigenvalue weighted by molar-refractivity contribution is 0.398. The highest BCUT2D eigenvalue weighted by Crippen LogP contribution is 2.06. The molecule has 2 aromatic heterocycles. The zero-order valence-corrected chi connectivity index (χ0v) is 10.4. The Kier molecular flexibility index (Phi) is 3.39. The van der Waals surface area contributed by atoms with E-state index in [-0.39, 0.29) is 5.56 Å². The minimum atomic E-state index is -0.0704. The van der Waals surface area contributed by atoms with Gasteiger partial charge in [-0.2, -0.15) is 0 Å². The third-order valence-corrected chi connectivity index (χ3v) is 3.29. The lowest BCUT2D eigenvalue weighted by atomic mass is 10.3. The topological polar surface area (TPSA) is 55.0 Å². The van der Waals surface area contributed by atoms with Crippen molar-refractivity contribution >= 4 is 23.5 Å². The molecule has 0 fully saturated rings. The van der Waals surface area contributed by atoms with Crippen molar-refractivity contribution in [1.82, 2.24) is 9.97 Å². The zero-order valence-electron chi connectivity index (χ0n) is 9.56. The molecule has 2 heterocycles. The van der Waals surface area contributed by atoms with Crippen LogP contribution >= 0.6 is 11.3 Å². The Morgan fingerprint density at radius 1 is 1.47 bits per heavy atom. The van der Waals surface area contributed by atoms with Gasteiger partial charge in [-0.05, 0) is 24.6 Å². The number of pyridine rings is 1. The molecule has 0 amide bonds. The van der Waals surface area contributed by atoms with Gasteiger partial charge in [-0.25, -0.2) is 4.98 Å². The molecule has 5 heteroatoms. The first-order valence-corrected chi connectivity index (χ1v) is 5.92. The lowest BCUT2D eigenvalue weighted by Crippen LogP contribution is -2.19. The molecule has 0 saturated carbocycles. The molecule has 17 heavy (non-hydrogen) atoms. The summed E-state index contributed by atoms with van der Waals surface area (Å²) >= 11 is 1.43. The van der Waals surface area contributed by atoms with Crippen molar-refractivity contribution in [2.75, 3.05) is 7.11 Å². The summed E-state index contributed by atoms with van der Waals surface area (Å²) in [5.41, 5.74) is 0.805. The first-order valence-electron chi connectivity index (χ1n) is 5.10. The van der Waals surface area contributed by atoms with Crippen molar-refractivity contribution in [2.45, 2.75) is 6.92 Å². The highest BCUT2D eigenvalue weighted by atomic mass is 32.1.